The summed E-state index contributed by atoms with van der Waals surface area (Å²) in [6.07, 6.45) is 1.09. The zero-order chi connectivity index (χ0) is 18.4. The van der Waals surface area contributed by atoms with E-state index in [0.29, 0.717) is 24.9 Å². The molecule has 130 valence electrons. The van der Waals surface area contributed by atoms with E-state index in [0.717, 1.165) is 27.6 Å². The third kappa shape index (κ3) is 4.40. The van der Waals surface area contributed by atoms with Crippen molar-refractivity contribution in [2.75, 3.05) is 7.11 Å². The van der Waals surface area contributed by atoms with Crippen LogP contribution in [0.4, 0.5) is 0 Å². The molecule has 0 radical (unpaired) electrons. The van der Waals surface area contributed by atoms with Gasteiger partial charge in [-0.25, -0.2) is 0 Å². The first kappa shape index (κ1) is 17.5. The third-order valence-corrected chi connectivity index (χ3v) is 4.33. The summed E-state index contributed by atoms with van der Waals surface area (Å²) in [7, 11) is 1.66. The number of rotatable bonds is 6. The first-order valence-electron chi connectivity index (χ1n) is 8.50. The van der Waals surface area contributed by atoms with E-state index in [4.69, 9.17) is 10.00 Å². The fourth-order valence-electron chi connectivity index (χ4n) is 2.80. The van der Waals surface area contributed by atoms with Crippen LogP contribution >= 0.6 is 0 Å². The molecule has 4 nitrogen and oxygen atoms in total. The van der Waals surface area contributed by atoms with Crippen LogP contribution in [0.25, 0.3) is 10.8 Å². The SMILES string of the molecule is COc1ccc2cc(CNC(=O)CCc3ccc(C#N)cc3)ccc2c1. The van der Waals surface area contributed by atoms with Crippen LogP contribution in [0.5, 0.6) is 5.75 Å². The average Bonchev–Trinajstić information content (AvgIpc) is 2.70. The van der Waals surface area contributed by atoms with Crippen molar-refractivity contribution in [1.29, 1.82) is 5.26 Å². The predicted octanol–water partition coefficient (Wildman–Crippen LogP) is 3.97. The van der Waals surface area contributed by atoms with Crippen molar-refractivity contribution < 1.29 is 9.53 Å². The number of benzene rings is 3. The minimum atomic E-state index is 0.0178. The molecule has 0 aliphatic rings. The standard InChI is InChI=1S/C22H20N2O2/c1-26-21-10-9-19-12-18(6-8-20(19)13-21)15-24-22(25)11-7-16-2-4-17(14-23)5-3-16/h2-6,8-10,12-13H,7,11,15H2,1H3,(H,24,25). The van der Waals surface area contributed by atoms with Gasteiger partial charge in [-0.15, -0.1) is 0 Å². The van der Waals surface area contributed by atoms with Gasteiger partial charge in [0.15, 0.2) is 0 Å². The van der Waals surface area contributed by atoms with Gasteiger partial charge in [0.1, 0.15) is 5.75 Å². The van der Waals surface area contributed by atoms with Crippen LogP contribution in [-0.2, 0) is 17.8 Å². The molecule has 1 N–H and O–H groups in total. The van der Waals surface area contributed by atoms with Crippen LogP contribution < -0.4 is 10.1 Å². The summed E-state index contributed by atoms with van der Waals surface area (Å²) in [6.45, 7) is 0.508. The number of carbonyl (C=O) groups is 1. The van der Waals surface area contributed by atoms with Gasteiger partial charge < -0.3 is 10.1 Å². The van der Waals surface area contributed by atoms with Crippen molar-refractivity contribution in [3.05, 3.63) is 77.4 Å². The Kier molecular flexibility index (Phi) is 5.50. The Morgan fingerprint density at radius 2 is 1.69 bits per heavy atom. The molecule has 26 heavy (non-hydrogen) atoms. The maximum absolute atomic E-state index is 12.1. The largest absolute Gasteiger partial charge is 0.497 e. The Labute approximate surface area is 153 Å². The van der Waals surface area contributed by atoms with E-state index in [2.05, 4.69) is 17.5 Å². The lowest BCUT2D eigenvalue weighted by molar-refractivity contribution is -0.121. The second-order valence-corrected chi connectivity index (χ2v) is 6.13. The number of aryl methyl sites for hydroxylation is 1. The molecule has 0 aromatic heterocycles. The van der Waals surface area contributed by atoms with Gasteiger partial charge in [0.25, 0.3) is 0 Å². The quantitative estimate of drug-likeness (QED) is 0.736. The fourth-order valence-corrected chi connectivity index (χ4v) is 2.80. The lowest BCUT2D eigenvalue weighted by Crippen LogP contribution is -2.22. The number of carbonyl (C=O) groups excluding carboxylic acids is 1. The van der Waals surface area contributed by atoms with Gasteiger partial charge in [0, 0.05) is 13.0 Å². The monoisotopic (exact) mass is 344 g/mol. The minimum Gasteiger partial charge on any atom is -0.497 e. The maximum atomic E-state index is 12.1. The Bertz CT molecular complexity index is 956. The number of hydrogen-bond donors (Lipinski definition) is 1. The highest BCUT2D eigenvalue weighted by molar-refractivity contribution is 5.84. The van der Waals surface area contributed by atoms with Crippen LogP contribution in [0.3, 0.4) is 0 Å². The van der Waals surface area contributed by atoms with Gasteiger partial charge in [-0.3, -0.25) is 4.79 Å². The van der Waals surface area contributed by atoms with Crippen molar-refractivity contribution >= 4 is 16.7 Å². The molecule has 0 spiro atoms. The van der Waals surface area contributed by atoms with E-state index in [1.54, 1.807) is 19.2 Å². The van der Waals surface area contributed by atoms with Gasteiger partial charge in [0.05, 0.1) is 18.7 Å². The third-order valence-electron chi connectivity index (χ3n) is 4.33. The van der Waals surface area contributed by atoms with Crippen molar-refractivity contribution in [3.8, 4) is 11.8 Å². The Hall–Kier alpha value is -3.32. The minimum absolute atomic E-state index is 0.0178. The number of nitrogens with zero attached hydrogens (tertiary/aromatic N) is 1. The van der Waals surface area contributed by atoms with Crippen molar-refractivity contribution in [3.63, 3.8) is 0 Å². The number of hydrogen-bond acceptors (Lipinski definition) is 3. The van der Waals surface area contributed by atoms with E-state index >= 15 is 0 Å². The zero-order valence-corrected chi connectivity index (χ0v) is 14.7. The molecule has 3 rings (SSSR count). The van der Waals surface area contributed by atoms with Crippen LogP contribution in [0.1, 0.15) is 23.1 Å². The molecule has 1 amide bonds. The Balaban J connectivity index is 1.53. The van der Waals surface area contributed by atoms with E-state index in [9.17, 15) is 4.79 Å². The number of methoxy groups -OCH3 is 1. The average molecular weight is 344 g/mol. The molecule has 0 unspecified atom stereocenters. The van der Waals surface area contributed by atoms with E-state index in [-0.39, 0.29) is 5.91 Å². The lowest BCUT2D eigenvalue weighted by atomic mass is 10.1. The molecule has 0 saturated carbocycles. The van der Waals surface area contributed by atoms with Crippen LogP contribution in [0.2, 0.25) is 0 Å². The molecule has 0 heterocycles. The van der Waals surface area contributed by atoms with E-state index in [1.807, 2.05) is 42.5 Å². The van der Waals surface area contributed by atoms with Crippen LogP contribution in [-0.4, -0.2) is 13.0 Å². The molecule has 3 aromatic carbocycles. The summed E-state index contributed by atoms with van der Waals surface area (Å²) in [5, 5.41) is 14.0. The molecule has 0 aliphatic heterocycles. The van der Waals surface area contributed by atoms with Crippen molar-refractivity contribution in [2.24, 2.45) is 0 Å². The highest BCUT2D eigenvalue weighted by Gasteiger charge is 2.04. The summed E-state index contributed by atoms with van der Waals surface area (Å²) in [5.74, 6) is 0.852. The molecular weight excluding hydrogens is 324 g/mol. The molecule has 0 atom stereocenters. The number of ether oxygens (including phenoxy) is 1. The number of nitriles is 1. The predicted molar refractivity (Wildman–Crippen MR) is 102 cm³/mol. The second-order valence-electron chi connectivity index (χ2n) is 6.13. The summed E-state index contributed by atoms with van der Waals surface area (Å²) >= 11 is 0. The smallest absolute Gasteiger partial charge is 0.220 e. The molecule has 3 aromatic rings. The van der Waals surface area contributed by atoms with Gasteiger partial charge in [-0.05, 0) is 58.7 Å². The second kappa shape index (κ2) is 8.17. The number of amides is 1. The maximum Gasteiger partial charge on any atom is 0.220 e. The topological polar surface area (TPSA) is 62.1 Å². The van der Waals surface area contributed by atoms with Crippen molar-refractivity contribution in [1.82, 2.24) is 5.32 Å². The summed E-state index contributed by atoms with van der Waals surface area (Å²) in [4.78, 5) is 12.1. The summed E-state index contributed by atoms with van der Waals surface area (Å²) < 4.78 is 5.23. The molecule has 0 bridgehead atoms. The highest BCUT2D eigenvalue weighted by Crippen LogP contribution is 2.21. The van der Waals surface area contributed by atoms with Gasteiger partial charge in [0.2, 0.25) is 5.91 Å². The van der Waals surface area contributed by atoms with Gasteiger partial charge in [-0.2, -0.15) is 5.26 Å². The summed E-state index contributed by atoms with van der Waals surface area (Å²) in [5.41, 5.74) is 2.75. The molecular formula is C22H20N2O2. The molecule has 0 saturated heterocycles. The van der Waals surface area contributed by atoms with E-state index < -0.39 is 0 Å². The Morgan fingerprint density at radius 1 is 1.00 bits per heavy atom. The van der Waals surface area contributed by atoms with Crippen LogP contribution in [0.15, 0.2) is 60.7 Å². The first-order valence-corrected chi connectivity index (χ1v) is 8.50. The van der Waals surface area contributed by atoms with Gasteiger partial charge in [-0.1, -0.05) is 30.3 Å². The highest BCUT2D eigenvalue weighted by atomic mass is 16.5. The van der Waals surface area contributed by atoms with Crippen molar-refractivity contribution in [2.45, 2.75) is 19.4 Å². The molecule has 0 aliphatic carbocycles. The normalized spacial score (nSPS) is 10.3. The first-order chi connectivity index (χ1) is 12.7. The number of nitrogens with one attached hydrogen (secondary N) is 1. The lowest BCUT2D eigenvalue weighted by Gasteiger charge is -2.08. The zero-order valence-electron chi connectivity index (χ0n) is 14.7. The summed E-state index contributed by atoms with van der Waals surface area (Å²) in [6, 6.07) is 21.5. The molecule has 4 heteroatoms. The Morgan fingerprint density at radius 3 is 2.42 bits per heavy atom. The van der Waals surface area contributed by atoms with Gasteiger partial charge >= 0.3 is 0 Å². The fraction of sp³-hybridized carbons (Fsp3) is 0.182. The van der Waals surface area contributed by atoms with E-state index in [1.165, 1.54) is 0 Å². The number of fused-ring (bicyclic) bond motifs is 1. The van der Waals surface area contributed by atoms with Crippen LogP contribution in [0, 0.1) is 11.3 Å². The molecule has 0 fully saturated rings.